The molecule has 2 atom stereocenters. The van der Waals surface area contributed by atoms with Crippen LogP contribution in [0.1, 0.15) is 33.1 Å². The summed E-state index contributed by atoms with van der Waals surface area (Å²) in [4.78, 5) is 23.2. The molecule has 27 heavy (non-hydrogen) atoms. The number of allylic oxidation sites excluding steroid dienone is 1. The Hall–Kier alpha value is -1.33. The summed E-state index contributed by atoms with van der Waals surface area (Å²) < 4.78 is 30.4. The predicted octanol–water partition coefficient (Wildman–Crippen LogP) is 0.572. The average molecular weight is 411 g/mol. The molecule has 0 saturated carbocycles. The van der Waals surface area contributed by atoms with Crippen LogP contribution in [0.15, 0.2) is 12.2 Å². The SMILES string of the molecule is C=C(C)C(=O)CCC(N)[N+](C)(C)CCCS(=O)(=O)O.CC(C(=O)O)N(C)C. The number of nitrogens with zero attached hydrogens (tertiary/aromatic N) is 2. The molecule has 9 nitrogen and oxygen atoms in total. The van der Waals surface area contributed by atoms with Crippen LogP contribution < -0.4 is 5.73 Å². The highest BCUT2D eigenvalue weighted by molar-refractivity contribution is 7.85. The number of likely N-dealkylation sites (N-methyl/N-ethyl adjacent to an activating group) is 1. The lowest BCUT2D eigenvalue weighted by Gasteiger charge is -2.35. The maximum absolute atomic E-state index is 11.4. The smallest absolute Gasteiger partial charge is 0.320 e. The molecule has 0 aliphatic heterocycles. The molecular formula is C17H36N3O6S+. The van der Waals surface area contributed by atoms with E-state index in [-0.39, 0.29) is 23.7 Å². The largest absolute Gasteiger partial charge is 0.480 e. The number of quaternary nitrogens is 1. The van der Waals surface area contributed by atoms with Gasteiger partial charge >= 0.3 is 5.97 Å². The van der Waals surface area contributed by atoms with Crippen LogP contribution in [0.5, 0.6) is 0 Å². The molecule has 0 heterocycles. The number of nitrogens with two attached hydrogens (primary N) is 1. The standard InChI is InChI=1S/C12H24N2O4S.C5H11NO2/c1-10(2)11(15)6-7-12(13)14(3,4)8-5-9-19(16,17)18;1-4(5(7)8)6(2)3/h12H,1,5-9,13H2,2-4H3;4H,1-3H3,(H,7,8)/p+1. The van der Waals surface area contributed by atoms with Gasteiger partial charge in [0.25, 0.3) is 10.1 Å². The number of rotatable bonds is 11. The number of hydrogen-bond acceptors (Lipinski definition) is 6. The van der Waals surface area contributed by atoms with Gasteiger partial charge in [-0.05, 0) is 33.5 Å². The van der Waals surface area contributed by atoms with Gasteiger partial charge in [-0.25, -0.2) is 0 Å². The molecule has 0 spiro atoms. The van der Waals surface area contributed by atoms with Crippen LogP contribution in [0.25, 0.3) is 0 Å². The number of carbonyl (C=O) groups is 2. The van der Waals surface area contributed by atoms with E-state index >= 15 is 0 Å². The fourth-order valence-electron chi connectivity index (χ4n) is 1.88. The fraction of sp³-hybridized carbons (Fsp3) is 0.765. The van der Waals surface area contributed by atoms with Crippen molar-refractivity contribution in [2.24, 2.45) is 5.73 Å². The monoisotopic (exact) mass is 410 g/mol. The van der Waals surface area contributed by atoms with Crippen molar-refractivity contribution >= 4 is 21.9 Å². The van der Waals surface area contributed by atoms with Gasteiger partial charge in [-0.3, -0.25) is 24.8 Å². The van der Waals surface area contributed by atoms with Crippen LogP contribution in [0.4, 0.5) is 0 Å². The van der Waals surface area contributed by atoms with Gasteiger partial charge in [0.2, 0.25) is 0 Å². The second-order valence-corrected chi connectivity index (χ2v) is 9.00. The van der Waals surface area contributed by atoms with E-state index in [1.54, 1.807) is 32.8 Å². The molecule has 160 valence electrons. The number of hydrogen-bond donors (Lipinski definition) is 3. The molecule has 0 fully saturated rings. The zero-order chi connectivity index (χ0) is 22.0. The summed E-state index contributed by atoms with van der Waals surface area (Å²) >= 11 is 0. The molecule has 0 aromatic heterocycles. The van der Waals surface area contributed by atoms with Crippen molar-refractivity contribution in [3.8, 4) is 0 Å². The number of aliphatic carboxylic acids is 1. The third-order valence-electron chi connectivity index (χ3n) is 4.31. The lowest BCUT2D eigenvalue weighted by atomic mass is 10.1. The first-order valence-electron chi connectivity index (χ1n) is 8.62. The lowest BCUT2D eigenvalue weighted by molar-refractivity contribution is -0.915. The second kappa shape index (κ2) is 12.2. The Bertz CT molecular complexity index is 602. The highest BCUT2D eigenvalue weighted by atomic mass is 32.2. The van der Waals surface area contributed by atoms with Gasteiger partial charge in [0, 0.05) is 19.3 Å². The molecule has 0 radical (unpaired) electrons. The van der Waals surface area contributed by atoms with Crippen molar-refractivity contribution in [2.75, 3.05) is 40.5 Å². The third-order valence-corrected chi connectivity index (χ3v) is 5.11. The third kappa shape index (κ3) is 14.4. The number of carboxylic acids is 1. The highest BCUT2D eigenvalue weighted by Crippen LogP contribution is 2.11. The van der Waals surface area contributed by atoms with Crippen molar-refractivity contribution in [1.82, 2.24) is 4.90 Å². The van der Waals surface area contributed by atoms with E-state index in [0.717, 1.165) is 0 Å². The van der Waals surface area contributed by atoms with Gasteiger partial charge < -0.3 is 9.59 Å². The number of Topliss-reactive ketones (excluding diaryl/α,β-unsaturated/α-hetero) is 1. The average Bonchev–Trinajstić information content (AvgIpc) is 2.49. The number of carbonyl (C=O) groups excluding carboxylic acids is 1. The summed E-state index contributed by atoms with van der Waals surface area (Å²) in [5.41, 5.74) is 6.55. The fourth-order valence-corrected chi connectivity index (χ4v) is 2.38. The van der Waals surface area contributed by atoms with Crippen molar-refractivity contribution in [3.63, 3.8) is 0 Å². The van der Waals surface area contributed by atoms with Crippen molar-refractivity contribution < 1.29 is 32.1 Å². The summed E-state index contributed by atoms with van der Waals surface area (Å²) in [5.74, 6) is -1.06. The van der Waals surface area contributed by atoms with Crippen LogP contribution in [0.2, 0.25) is 0 Å². The highest BCUT2D eigenvalue weighted by Gasteiger charge is 2.25. The molecule has 4 N–H and O–H groups in total. The van der Waals surface area contributed by atoms with Crippen molar-refractivity contribution in [2.45, 2.75) is 45.3 Å². The number of carboxylic acid groups (broad SMARTS) is 1. The molecule has 10 heteroatoms. The first-order chi connectivity index (χ1) is 12.0. The summed E-state index contributed by atoms with van der Waals surface area (Å²) in [5, 5.41) is 8.31. The van der Waals surface area contributed by atoms with Gasteiger partial charge in [-0.2, -0.15) is 8.42 Å². The van der Waals surface area contributed by atoms with Crippen LogP contribution >= 0.6 is 0 Å². The van der Waals surface area contributed by atoms with Crippen molar-refractivity contribution in [1.29, 1.82) is 0 Å². The Morgan fingerprint density at radius 1 is 1.26 bits per heavy atom. The van der Waals surface area contributed by atoms with Crippen LogP contribution in [0.3, 0.4) is 0 Å². The number of ketones is 1. The summed E-state index contributed by atoms with van der Waals surface area (Å²) in [6.45, 7) is 7.41. The van der Waals surface area contributed by atoms with Gasteiger partial charge in [-0.15, -0.1) is 0 Å². The molecule has 0 saturated heterocycles. The maximum atomic E-state index is 11.4. The van der Waals surface area contributed by atoms with Crippen molar-refractivity contribution in [3.05, 3.63) is 12.2 Å². The van der Waals surface area contributed by atoms with E-state index in [1.807, 2.05) is 14.1 Å². The topological polar surface area (TPSA) is 138 Å². The van der Waals surface area contributed by atoms with Gasteiger partial charge in [0.05, 0.1) is 26.4 Å². The molecule has 0 bridgehead atoms. The summed E-state index contributed by atoms with van der Waals surface area (Å²) in [6.07, 6.45) is 0.930. The minimum absolute atomic E-state index is 0.00612. The first-order valence-corrected chi connectivity index (χ1v) is 10.2. The van der Waals surface area contributed by atoms with Crippen LogP contribution in [-0.4, -0.2) is 91.9 Å². The van der Waals surface area contributed by atoms with E-state index < -0.39 is 16.1 Å². The first kappa shape index (κ1) is 27.9. The molecule has 0 rings (SSSR count). The minimum atomic E-state index is -3.93. The van der Waals surface area contributed by atoms with E-state index in [2.05, 4.69) is 6.58 Å². The lowest BCUT2D eigenvalue weighted by Crippen LogP contribution is -2.54. The minimum Gasteiger partial charge on any atom is -0.480 e. The van der Waals surface area contributed by atoms with Gasteiger partial charge in [-0.1, -0.05) is 6.58 Å². The van der Waals surface area contributed by atoms with Gasteiger partial charge in [0.1, 0.15) is 12.2 Å². The summed E-state index contributed by atoms with van der Waals surface area (Å²) in [6, 6.07) is -0.380. The molecular weight excluding hydrogens is 374 g/mol. The van der Waals surface area contributed by atoms with E-state index in [9.17, 15) is 18.0 Å². The van der Waals surface area contributed by atoms with E-state index in [1.165, 1.54) is 0 Å². The normalized spacial score (nSPS) is 14.1. The van der Waals surface area contributed by atoms with Gasteiger partial charge in [0.15, 0.2) is 5.78 Å². The molecule has 0 aliphatic rings. The molecule has 2 unspecified atom stereocenters. The zero-order valence-corrected chi connectivity index (χ0v) is 18.1. The zero-order valence-electron chi connectivity index (χ0n) is 17.3. The van der Waals surface area contributed by atoms with E-state index in [0.29, 0.717) is 35.9 Å². The van der Waals surface area contributed by atoms with E-state index in [4.69, 9.17) is 15.4 Å². The Kier molecular flexibility index (Phi) is 12.6. The molecule has 0 aromatic carbocycles. The Balaban J connectivity index is 0. The molecule has 0 aromatic rings. The maximum Gasteiger partial charge on any atom is 0.320 e. The van der Waals surface area contributed by atoms with Crippen LogP contribution in [-0.2, 0) is 19.7 Å². The molecule has 0 amide bonds. The predicted molar refractivity (Wildman–Crippen MR) is 106 cm³/mol. The molecule has 0 aliphatic carbocycles. The Labute approximate surface area is 163 Å². The second-order valence-electron chi connectivity index (χ2n) is 7.43. The summed E-state index contributed by atoms with van der Waals surface area (Å²) in [7, 11) is 3.29. The Morgan fingerprint density at radius 3 is 2.04 bits per heavy atom. The van der Waals surface area contributed by atoms with Crippen LogP contribution in [0, 0.1) is 0 Å². The quantitative estimate of drug-likeness (QED) is 0.194. The Morgan fingerprint density at radius 2 is 1.74 bits per heavy atom.